The summed E-state index contributed by atoms with van der Waals surface area (Å²) in [5, 5.41) is 8.31. The predicted molar refractivity (Wildman–Crippen MR) is 65.3 cm³/mol. The average Bonchev–Trinajstić information content (AvgIpc) is 2.67. The number of hydrogen-bond acceptors (Lipinski definition) is 2. The first-order valence-corrected chi connectivity index (χ1v) is 6.46. The van der Waals surface area contributed by atoms with E-state index in [9.17, 15) is 0 Å². The third-order valence-electron chi connectivity index (χ3n) is 3.54. The van der Waals surface area contributed by atoms with Gasteiger partial charge in [0, 0.05) is 12.0 Å². The van der Waals surface area contributed by atoms with Crippen LogP contribution in [-0.4, -0.2) is 15.0 Å². The van der Waals surface area contributed by atoms with E-state index in [0.29, 0.717) is 0 Å². The minimum atomic E-state index is 0.151. The third-order valence-corrected chi connectivity index (χ3v) is 3.54. The fourth-order valence-corrected chi connectivity index (χ4v) is 2.59. The molecule has 90 valence electrons. The molecule has 0 amide bonds. The summed E-state index contributed by atoms with van der Waals surface area (Å²) in [6, 6.07) is 0. The maximum Gasteiger partial charge on any atom is 0.0730 e. The van der Waals surface area contributed by atoms with Gasteiger partial charge >= 0.3 is 0 Å². The Labute approximate surface area is 98.2 Å². The molecule has 0 radical (unpaired) electrons. The first kappa shape index (κ1) is 11.6. The second-order valence-electron chi connectivity index (χ2n) is 6.06. The molecule has 1 heterocycles. The largest absolute Gasteiger partial charge is 0.249 e. The Morgan fingerprint density at radius 3 is 2.56 bits per heavy atom. The lowest BCUT2D eigenvalue weighted by Gasteiger charge is -2.24. The fraction of sp³-hybridized carbons (Fsp3) is 0.846. The van der Waals surface area contributed by atoms with Gasteiger partial charge in [-0.1, -0.05) is 45.2 Å². The van der Waals surface area contributed by atoms with Crippen molar-refractivity contribution < 1.29 is 0 Å². The molecule has 16 heavy (non-hydrogen) atoms. The van der Waals surface area contributed by atoms with Crippen LogP contribution in [0.3, 0.4) is 0 Å². The van der Waals surface area contributed by atoms with Gasteiger partial charge in [-0.3, -0.25) is 0 Å². The van der Waals surface area contributed by atoms with Crippen molar-refractivity contribution in [3.8, 4) is 0 Å². The molecular weight excluding hydrogens is 198 g/mol. The van der Waals surface area contributed by atoms with Crippen molar-refractivity contribution >= 4 is 0 Å². The summed E-state index contributed by atoms with van der Waals surface area (Å²) in [5.74, 6) is 0.816. The van der Waals surface area contributed by atoms with Crippen LogP contribution in [0.2, 0.25) is 0 Å². The van der Waals surface area contributed by atoms with E-state index in [4.69, 9.17) is 0 Å². The van der Waals surface area contributed by atoms with Crippen molar-refractivity contribution in [2.24, 2.45) is 5.92 Å². The Hall–Kier alpha value is -0.860. The quantitative estimate of drug-likeness (QED) is 0.768. The summed E-state index contributed by atoms with van der Waals surface area (Å²) in [4.78, 5) is 0. The maximum atomic E-state index is 4.24. The van der Waals surface area contributed by atoms with Gasteiger partial charge in [0.25, 0.3) is 0 Å². The third kappa shape index (κ3) is 2.63. The van der Waals surface area contributed by atoms with E-state index in [-0.39, 0.29) is 5.41 Å². The summed E-state index contributed by atoms with van der Waals surface area (Å²) in [7, 11) is 0. The smallest absolute Gasteiger partial charge is 0.0730 e. The predicted octanol–water partition coefficient (Wildman–Crippen LogP) is 3.16. The lowest BCUT2D eigenvalue weighted by atomic mass is 9.88. The average molecular weight is 221 g/mol. The lowest BCUT2D eigenvalue weighted by Crippen LogP contribution is -2.22. The van der Waals surface area contributed by atoms with Gasteiger partial charge in [-0.05, 0) is 18.8 Å². The van der Waals surface area contributed by atoms with E-state index in [1.165, 1.54) is 37.8 Å². The topological polar surface area (TPSA) is 30.7 Å². The van der Waals surface area contributed by atoms with Crippen LogP contribution in [0.1, 0.15) is 58.6 Å². The molecule has 1 aliphatic carbocycles. The minimum Gasteiger partial charge on any atom is -0.249 e. The van der Waals surface area contributed by atoms with Gasteiger partial charge in [0.15, 0.2) is 0 Å². The summed E-state index contributed by atoms with van der Waals surface area (Å²) < 4.78 is 2.12. The van der Waals surface area contributed by atoms with Crippen molar-refractivity contribution in [3.63, 3.8) is 0 Å². The molecule has 0 aliphatic heterocycles. The molecule has 0 atom stereocenters. The van der Waals surface area contributed by atoms with Gasteiger partial charge in [0.2, 0.25) is 0 Å². The molecule has 1 aliphatic rings. The van der Waals surface area contributed by atoms with Crippen LogP contribution in [-0.2, 0) is 12.0 Å². The molecule has 3 nitrogen and oxygen atoms in total. The van der Waals surface area contributed by atoms with E-state index < -0.39 is 0 Å². The molecule has 0 spiro atoms. The van der Waals surface area contributed by atoms with Crippen LogP contribution in [0, 0.1) is 5.92 Å². The van der Waals surface area contributed by atoms with Crippen molar-refractivity contribution in [2.45, 2.75) is 64.8 Å². The summed E-state index contributed by atoms with van der Waals surface area (Å²) in [6.45, 7) is 7.74. The lowest BCUT2D eigenvalue weighted by molar-refractivity contribution is 0.296. The van der Waals surface area contributed by atoms with Crippen molar-refractivity contribution in [1.29, 1.82) is 0 Å². The van der Waals surface area contributed by atoms with Crippen LogP contribution in [0.15, 0.2) is 6.20 Å². The Kier molecular flexibility index (Phi) is 3.31. The highest BCUT2D eigenvalue weighted by molar-refractivity contribution is 5.07. The molecule has 0 bridgehead atoms. The SMILES string of the molecule is CC(C)(C)c1cnnn1CC1CCCCC1. The number of nitrogens with zero attached hydrogens (tertiary/aromatic N) is 3. The highest BCUT2D eigenvalue weighted by Gasteiger charge is 2.22. The summed E-state index contributed by atoms with van der Waals surface area (Å²) in [6.07, 6.45) is 8.85. The molecule has 2 rings (SSSR count). The molecule has 0 aromatic carbocycles. The molecular formula is C13H23N3. The van der Waals surface area contributed by atoms with Gasteiger partial charge in [-0.25, -0.2) is 4.68 Å². The van der Waals surface area contributed by atoms with Crippen LogP contribution in [0.25, 0.3) is 0 Å². The Balaban J connectivity index is 2.06. The second kappa shape index (κ2) is 4.56. The zero-order valence-corrected chi connectivity index (χ0v) is 10.7. The standard InChI is InChI=1S/C13H23N3/c1-13(2,3)12-9-14-15-16(12)10-11-7-5-4-6-8-11/h9,11H,4-8,10H2,1-3H3. The van der Waals surface area contributed by atoms with Gasteiger partial charge in [0.1, 0.15) is 0 Å². The van der Waals surface area contributed by atoms with E-state index in [1.54, 1.807) is 0 Å². The van der Waals surface area contributed by atoms with Crippen LogP contribution >= 0.6 is 0 Å². The van der Waals surface area contributed by atoms with E-state index in [1.807, 2.05) is 6.20 Å². The zero-order chi connectivity index (χ0) is 11.6. The normalized spacial score (nSPS) is 18.9. The molecule has 0 saturated heterocycles. The van der Waals surface area contributed by atoms with Crippen LogP contribution in [0.4, 0.5) is 0 Å². The first-order valence-electron chi connectivity index (χ1n) is 6.46. The molecule has 1 saturated carbocycles. The summed E-state index contributed by atoms with van der Waals surface area (Å²) in [5.41, 5.74) is 1.41. The molecule has 1 aromatic heterocycles. The van der Waals surface area contributed by atoms with Gasteiger partial charge in [-0.2, -0.15) is 0 Å². The number of hydrogen-bond donors (Lipinski definition) is 0. The summed E-state index contributed by atoms with van der Waals surface area (Å²) >= 11 is 0. The van der Waals surface area contributed by atoms with Gasteiger partial charge < -0.3 is 0 Å². The second-order valence-corrected chi connectivity index (χ2v) is 6.06. The minimum absolute atomic E-state index is 0.151. The zero-order valence-electron chi connectivity index (χ0n) is 10.7. The molecule has 0 unspecified atom stereocenters. The van der Waals surface area contributed by atoms with E-state index in [2.05, 4.69) is 35.8 Å². The number of aromatic nitrogens is 3. The Morgan fingerprint density at radius 2 is 1.94 bits per heavy atom. The monoisotopic (exact) mass is 221 g/mol. The number of rotatable bonds is 2. The van der Waals surface area contributed by atoms with Crippen molar-refractivity contribution in [2.75, 3.05) is 0 Å². The molecule has 3 heteroatoms. The van der Waals surface area contributed by atoms with Gasteiger partial charge in [-0.15, -0.1) is 5.10 Å². The van der Waals surface area contributed by atoms with Gasteiger partial charge in [0.05, 0.1) is 11.9 Å². The first-order chi connectivity index (χ1) is 7.57. The van der Waals surface area contributed by atoms with Crippen LogP contribution in [0.5, 0.6) is 0 Å². The Morgan fingerprint density at radius 1 is 1.25 bits per heavy atom. The van der Waals surface area contributed by atoms with Crippen molar-refractivity contribution in [3.05, 3.63) is 11.9 Å². The maximum absolute atomic E-state index is 4.24. The van der Waals surface area contributed by atoms with Crippen molar-refractivity contribution in [1.82, 2.24) is 15.0 Å². The highest BCUT2D eigenvalue weighted by atomic mass is 15.4. The highest BCUT2D eigenvalue weighted by Crippen LogP contribution is 2.27. The van der Waals surface area contributed by atoms with E-state index in [0.717, 1.165) is 12.5 Å². The van der Waals surface area contributed by atoms with E-state index >= 15 is 0 Å². The molecule has 0 N–H and O–H groups in total. The molecule has 1 fully saturated rings. The Bertz CT molecular complexity index is 329. The molecule has 1 aromatic rings. The van der Waals surface area contributed by atoms with Crippen LogP contribution < -0.4 is 0 Å². The fourth-order valence-electron chi connectivity index (χ4n) is 2.59.